The molecule has 6 heteroatoms. The van der Waals surface area contributed by atoms with Crippen molar-refractivity contribution in [2.24, 2.45) is 0 Å². The smallest absolute Gasteiger partial charge is 0.165 e. The molecule has 1 N–H and O–H groups in total. The predicted molar refractivity (Wildman–Crippen MR) is 102 cm³/mol. The highest BCUT2D eigenvalue weighted by molar-refractivity contribution is 6.31. The lowest BCUT2D eigenvalue weighted by atomic mass is 10.2. The Kier molecular flexibility index (Phi) is 6.87. The molecule has 4 nitrogen and oxygen atoms in total. The molecule has 0 saturated heterocycles. The van der Waals surface area contributed by atoms with Crippen molar-refractivity contribution < 1.29 is 18.7 Å². The molecular formula is C21H21ClFNO3. The Balaban J connectivity index is 1.63. The second-order valence-corrected chi connectivity index (χ2v) is 6.64. The number of furan rings is 1. The third-order valence-electron chi connectivity index (χ3n) is 4.05. The van der Waals surface area contributed by atoms with E-state index in [2.05, 4.69) is 0 Å². The minimum atomic E-state index is -0.804. The summed E-state index contributed by atoms with van der Waals surface area (Å²) in [6.45, 7) is 1.35. The summed E-state index contributed by atoms with van der Waals surface area (Å²) >= 11 is 6.27. The number of nitrogens with zero attached hydrogens (tertiary/aromatic N) is 1. The Labute approximate surface area is 162 Å². The predicted octanol–water partition coefficient (Wildman–Crippen LogP) is 4.51. The number of rotatable bonds is 9. The van der Waals surface area contributed by atoms with Crippen molar-refractivity contribution in [3.63, 3.8) is 0 Å². The van der Waals surface area contributed by atoms with Crippen molar-refractivity contribution in [2.45, 2.75) is 19.2 Å². The molecule has 3 rings (SSSR count). The molecule has 0 saturated carbocycles. The maximum atomic E-state index is 13.6. The van der Waals surface area contributed by atoms with Crippen LogP contribution in [-0.2, 0) is 13.1 Å². The molecule has 0 bridgehead atoms. The summed E-state index contributed by atoms with van der Waals surface area (Å²) in [5, 5.41) is 11.1. The molecular weight excluding hydrogens is 369 g/mol. The van der Waals surface area contributed by atoms with Gasteiger partial charge in [0.25, 0.3) is 0 Å². The van der Waals surface area contributed by atoms with Crippen molar-refractivity contribution in [1.82, 2.24) is 4.90 Å². The third kappa shape index (κ3) is 5.82. The van der Waals surface area contributed by atoms with Crippen LogP contribution in [0.1, 0.15) is 11.3 Å². The lowest BCUT2D eigenvalue weighted by Crippen LogP contribution is -2.35. The second-order valence-electron chi connectivity index (χ2n) is 6.24. The Hall–Kier alpha value is -2.34. The molecule has 0 aliphatic carbocycles. The highest BCUT2D eigenvalue weighted by Crippen LogP contribution is 2.19. The minimum absolute atomic E-state index is 0.0158. The van der Waals surface area contributed by atoms with Crippen LogP contribution in [0.15, 0.2) is 71.3 Å². The quantitative estimate of drug-likeness (QED) is 0.584. The molecule has 1 heterocycles. The zero-order valence-electron chi connectivity index (χ0n) is 14.7. The van der Waals surface area contributed by atoms with E-state index in [1.54, 1.807) is 18.4 Å². The van der Waals surface area contributed by atoms with Gasteiger partial charge in [0.1, 0.15) is 18.5 Å². The Morgan fingerprint density at radius 1 is 1.04 bits per heavy atom. The summed E-state index contributed by atoms with van der Waals surface area (Å²) in [5.74, 6) is 0.456. The van der Waals surface area contributed by atoms with Crippen molar-refractivity contribution in [2.75, 3.05) is 13.2 Å². The molecule has 1 aromatic heterocycles. The van der Waals surface area contributed by atoms with Gasteiger partial charge in [-0.05, 0) is 35.9 Å². The average molecular weight is 390 g/mol. The molecule has 1 atom stereocenters. The lowest BCUT2D eigenvalue weighted by molar-refractivity contribution is 0.0592. The van der Waals surface area contributed by atoms with Gasteiger partial charge in [0.05, 0.1) is 12.8 Å². The standard InChI is InChI=1S/C21H21ClFNO3/c22-19-8-2-1-6-16(19)12-24(14-18-7-5-11-26-18)13-17(25)15-27-21-10-4-3-9-20(21)23/h1-11,17,25H,12-15H2. The monoisotopic (exact) mass is 389 g/mol. The maximum Gasteiger partial charge on any atom is 0.165 e. The van der Waals surface area contributed by atoms with E-state index < -0.39 is 11.9 Å². The van der Waals surface area contributed by atoms with Crippen molar-refractivity contribution >= 4 is 11.6 Å². The Bertz CT molecular complexity index is 841. The van der Waals surface area contributed by atoms with E-state index in [1.165, 1.54) is 12.1 Å². The van der Waals surface area contributed by atoms with E-state index in [1.807, 2.05) is 41.3 Å². The summed E-state index contributed by atoms with van der Waals surface area (Å²) in [6.07, 6.45) is 0.808. The van der Waals surface area contributed by atoms with E-state index in [0.717, 1.165) is 11.3 Å². The molecule has 3 aromatic rings. The first-order valence-corrected chi connectivity index (χ1v) is 9.03. The van der Waals surface area contributed by atoms with Crippen LogP contribution in [0.25, 0.3) is 0 Å². The molecule has 0 fully saturated rings. The lowest BCUT2D eigenvalue weighted by Gasteiger charge is -2.25. The SMILES string of the molecule is OC(COc1ccccc1F)CN(Cc1ccco1)Cc1ccccc1Cl. The first kappa shape index (κ1) is 19.4. The average Bonchev–Trinajstić information content (AvgIpc) is 3.16. The number of benzene rings is 2. The van der Waals surface area contributed by atoms with Crippen LogP contribution in [0.3, 0.4) is 0 Å². The first-order valence-electron chi connectivity index (χ1n) is 8.65. The Morgan fingerprint density at radius 2 is 1.81 bits per heavy atom. The van der Waals surface area contributed by atoms with Crippen LogP contribution in [-0.4, -0.2) is 29.3 Å². The van der Waals surface area contributed by atoms with Crippen LogP contribution in [0.5, 0.6) is 5.75 Å². The highest BCUT2D eigenvalue weighted by atomic mass is 35.5. The molecule has 0 aliphatic heterocycles. The number of hydrogen-bond donors (Lipinski definition) is 1. The Morgan fingerprint density at radius 3 is 2.56 bits per heavy atom. The number of aliphatic hydroxyl groups excluding tert-OH is 1. The number of halogens is 2. The molecule has 0 spiro atoms. The third-order valence-corrected chi connectivity index (χ3v) is 4.42. The number of ether oxygens (including phenoxy) is 1. The van der Waals surface area contributed by atoms with Crippen molar-refractivity contribution in [3.8, 4) is 5.75 Å². The van der Waals surface area contributed by atoms with E-state index in [0.29, 0.717) is 24.7 Å². The van der Waals surface area contributed by atoms with E-state index in [9.17, 15) is 9.50 Å². The van der Waals surface area contributed by atoms with Gasteiger partial charge < -0.3 is 14.3 Å². The summed E-state index contributed by atoms with van der Waals surface area (Å²) in [4.78, 5) is 2.01. The van der Waals surface area contributed by atoms with Crippen molar-refractivity contribution in [1.29, 1.82) is 0 Å². The van der Waals surface area contributed by atoms with Gasteiger partial charge >= 0.3 is 0 Å². The summed E-state index contributed by atoms with van der Waals surface area (Å²) in [6, 6.07) is 17.4. The van der Waals surface area contributed by atoms with Crippen LogP contribution in [0.4, 0.5) is 4.39 Å². The zero-order chi connectivity index (χ0) is 19.1. The van der Waals surface area contributed by atoms with Gasteiger partial charge in [-0.3, -0.25) is 4.90 Å². The van der Waals surface area contributed by atoms with Gasteiger partial charge in [0.2, 0.25) is 0 Å². The summed E-state index contributed by atoms with van der Waals surface area (Å²) in [5.41, 5.74) is 0.952. The molecule has 0 aliphatic rings. The van der Waals surface area contributed by atoms with Crippen LogP contribution < -0.4 is 4.74 Å². The number of aliphatic hydroxyl groups is 1. The zero-order valence-corrected chi connectivity index (χ0v) is 15.5. The van der Waals surface area contributed by atoms with E-state index in [4.69, 9.17) is 20.8 Å². The summed E-state index contributed by atoms with van der Waals surface area (Å²) < 4.78 is 24.5. The maximum absolute atomic E-state index is 13.6. The van der Waals surface area contributed by atoms with Gasteiger partial charge in [-0.2, -0.15) is 0 Å². The highest BCUT2D eigenvalue weighted by Gasteiger charge is 2.16. The van der Waals surface area contributed by atoms with Gasteiger partial charge in [0, 0.05) is 18.1 Å². The van der Waals surface area contributed by atoms with Gasteiger partial charge in [-0.15, -0.1) is 0 Å². The molecule has 1 unspecified atom stereocenters. The topological polar surface area (TPSA) is 45.8 Å². The molecule has 142 valence electrons. The second kappa shape index (κ2) is 9.55. The van der Waals surface area contributed by atoms with Gasteiger partial charge in [0.15, 0.2) is 11.6 Å². The van der Waals surface area contributed by atoms with E-state index >= 15 is 0 Å². The molecule has 27 heavy (non-hydrogen) atoms. The fourth-order valence-electron chi connectivity index (χ4n) is 2.77. The number of para-hydroxylation sites is 1. The van der Waals surface area contributed by atoms with Crippen LogP contribution >= 0.6 is 11.6 Å². The van der Waals surface area contributed by atoms with Crippen LogP contribution in [0, 0.1) is 5.82 Å². The van der Waals surface area contributed by atoms with Gasteiger partial charge in [-0.25, -0.2) is 4.39 Å². The van der Waals surface area contributed by atoms with Gasteiger partial charge in [-0.1, -0.05) is 41.9 Å². The fourth-order valence-corrected chi connectivity index (χ4v) is 2.97. The van der Waals surface area contributed by atoms with Crippen molar-refractivity contribution in [3.05, 3.63) is 89.1 Å². The molecule has 2 aromatic carbocycles. The van der Waals surface area contributed by atoms with E-state index in [-0.39, 0.29) is 12.4 Å². The first-order chi connectivity index (χ1) is 13.1. The van der Waals surface area contributed by atoms with Crippen LogP contribution in [0.2, 0.25) is 5.02 Å². The normalized spacial score (nSPS) is 12.3. The molecule has 0 radical (unpaired) electrons. The largest absolute Gasteiger partial charge is 0.488 e. The molecule has 0 amide bonds. The number of hydrogen-bond acceptors (Lipinski definition) is 4. The summed E-state index contributed by atoms with van der Waals surface area (Å²) in [7, 11) is 0. The minimum Gasteiger partial charge on any atom is -0.488 e. The fraction of sp³-hybridized carbons (Fsp3) is 0.238.